The van der Waals surface area contributed by atoms with Crippen LogP contribution in [-0.4, -0.2) is 27.6 Å². The molecule has 0 aliphatic heterocycles. The number of hydrogen-bond acceptors (Lipinski definition) is 3. The number of aliphatic hydroxyl groups is 1. The Kier molecular flexibility index (Phi) is 5.18. The summed E-state index contributed by atoms with van der Waals surface area (Å²) in [5.41, 5.74) is -1.37. The van der Waals surface area contributed by atoms with Crippen molar-refractivity contribution in [2.45, 2.75) is 118 Å². The molecular weight excluding hydrogens is 424 g/mol. The number of carbonyl (C=O) groups is 2. The van der Waals surface area contributed by atoms with Crippen LogP contribution in [0.3, 0.4) is 0 Å². The highest BCUT2D eigenvalue weighted by atomic mass is 16.4. The Morgan fingerprint density at radius 1 is 0.853 bits per heavy atom. The smallest absolute Gasteiger partial charge is 0.309 e. The third-order valence-electron chi connectivity index (χ3n) is 13.5. The lowest BCUT2D eigenvalue weighted by atomic mass is 9.32. The van der Waals surface area contributed by atoms with Crippen LogP contribution in [0.1, 0.15) is 113 Å². The van der Waals surface area contributed by atoms with Gasteiger partial charge in [0.15, 0.2) is 0 Å². The van der Waals surface area contributed by atoms with Gasteiger partial charge in [-0.15, -0.1) is 0 Å². The molecule has 0 amide bonds. The van der Waals surface area contributed by atoms with Gasteiger partial charge in [0.05, 0.1) is 11.0 Å². The number of aliphatic carboxylic acids is 1. The molecule has 0 radical (unpaired) electrons. The highest BCUT2D eigenvalue weighted by Gasteiger charge is 2.72. The molecule has 5 aliphatic carbocycles. The van der Waals surface area contributed by atoms with Crippen LogP contribution in [0.15, 0.2) is 0 Å². The van der Waals surface area contributed by atoms with Crippen molar-refractivity contribution in [2.75, 3.05) is 0 Å². The number of carboxylic acid groups (broad SMARTS) is 1. The Labute approximate surface area is 206 Å². The summed E-state index contributed by atoms with van der Waals surface area (Å²) in [5.74, 6) is 1.28. The molecule has 2 N–H and O–H groups in total. The zero-order valence-electron chi connectivity index (χ0n) is 22.7. The predicted molar refractivity (Wildman–Crippen MR) is 133 cm³/mol. The molecule has 5 fully saturated rings. The lowest BCUT2D eigenvalue weighted by Crippen LogP contribution is -2.67. The van der Waals surface area contributed by atoms with Gasteiger partial charge in [-0.25, -0.2) is 0 Å². The van der Waals surface area contributed by atoms with Crippen LogP contribution in [0.2, 0.25) is 0 Å². The normalized spacial score (nSPS) is 52.2. The van der Waals surface area contributed by atoms with Crippen molar-refractivity contribution in [1.29, 1.82) is 0 Å². The summed E-state index contributed by atoms with van der Waals surface area (Å²) in [6.07, 6.45) is 9.43. The Bertz CT molecular complexity index is 900. The number of carboxylic acids is 1. The van der Waals surface area contributed by atoms with E-state index >= 15 is 0 Å². The second kappa shape index (κ2) is 7.11. The van der Waals surface area contributed by atoms with Gasteiger partial charge in [-0.2, -0.15) is 0 Å². The van der Waals surface area contributed by atoms with Gasteiger partial charge in [0.2, 0.25) is 0 Å². The maximum atomic E-state index is 12.9. The van der Waals surface area contributed by atoms with E-state index in [4.69, 9.17) is 0 Å². The van der Waals surface area contributed by atoms with Gasteiger partial charge in [-0.05, 0) is 117 Å². The largest absolute Gasteiger partial charge is 0.481 e. The van der Waals surface area contributed by atoms with Gasteiger partial charge in [-0.3, -0.25) is 9.59 Å². The van der Waals surface area contributed by atoms with E-state index in [0.717, 1.165) is 51.4 Å². The molecule has 4 nitrogen and oxygen atoms in total. The number of hydrogen-bond donors (Lipinski definition) is 2. The minimum Gasteiger partial charge on any atom is -0.481 e. The molecule has 0 bridgehead atoms. The molecule has 0 saturated heterocycles. The molecule has 0 heterocycles. The number of ketones is 1. The molecule has 5 saturated carbocycles. The van der Waals surface area contributed by atoms with Gasteiger partial charge in [0, 0.05) is 11.8 Å². The molecular formula is C30H48O4. The fourth-order valence-electron chi connectivity index (χ4n) is 11.6. The summed E-state index contributed by atoms with van der Waals surface area (Å²) < 4.78 is 0. The van der Waals surface area contributed by atoms with Crippen molar-refractivity contribution in [1.82, 2.24) is 0 Å². The lowest BCUT2D eigenvalue weighted by Gasteiger charge is -2.72. The summed E-state index contributed by atoms with van der Waals surface area (Å²) >= 11 is 0. The van der Waals surface area contributed by atoms with Crippen molar-refractivity contribution in [2.24, 2.45) is 56.7 Å². The van der Waals surface area contributed by atoms with E-state index in [1.807, 2.05) is 13.8 Å². The number of fused-ring (bicyclic) bond motifs is 7. The van der Waals surface area contributed by atoms with Gasteiger partial charge in [0.25, 0.3) is 0 Å². The molecule has 0 spiro atoms. The first-order valence-corrected chi connectivity index (χ1v) is 14.0. The van der Waals surface area contributed by atoms with Crippen LogP contribution in [-0.2, 0) is 9.59 Å². The molecule has 34 heavy (non-hydrogen) atoms. The van der Waals surface area contributed by atoms with E-state index in [1.165, 1.54) is 0 Å². The van der Waals surface area contributed by atoms with Gasteiger partial charge in [0.1, 0.15) is 5.78 Å². The SMILES string of the molecule is CC(C)(O)C1CC[C@]2(C(=O)O)CC[C@]3(C)C(CCC4[C@@]5(C)CCC(=O)C(C)(C)C5CC[C@]43C)C12. The first-order valence-electron chi connectivity index (χ1n) is 14.0. The maximum Gasteiger partial charge on any atom is 0.309 e. The summed E-state index contributed by atoms with van der Waals surface area (Å²) in [5, 5.41) is 21.7. The maximum absolute atomic E-state index is 12.9. The lowest BCUT2D eigenvalue weighted by molar-refractivity contribution is -0.240. The third kappa shape index (κ3) is 2.81. The van der Waals surface area contributed by atoms with E-state index in [1.54, 1.807) is 0 Å². The van der Waals surface area contributed by atoms with E-state index in [9.17, 15) is 19.8 Å². The quantitative estimate of drug-likeness (QED) is 0.481. The van der Waals surface area contributed by atoms with Gasteiger partial charge in [-0.1, -0.05) is 34.6 Å². The molecule has 5 rings (SSSR count). The van der Waals surface area contributed by atoms with Gasteiger partial charge >= 0.3 is 5.97 Å². The van der Waals surface area contributed by atoms with Crippen LogP contribution in [0.4, 0.5) is 0 Å². The molecule has 5 unspecified atom stereocenters. The molecule has 4 heteroatoms. The first-order chi connectivity index (χ1) is 15.6. The Hall–Kier alpha value is -0.900. The number of carbonyl (C=O) groups excluding carboxylic acids is 1. The molecule has 192 valence electrons. The summed E-state index contributed by atoms with van der Waals surface area (Å²) in [4.78, 5) is 25.7. The monoisotopic (exact) mass is 472 g/mol. The van der Waals surface area contributed by atoms with Crippen LogP contribution in [0.25, 0.3) is 0 Å². The molecule has 9 atom stereocenters. The van der Waals surface area contributed by atoms with Crippen molar-refractivity contribution in [3.05, 3.63) is 0 Å². The molecule has 0 aromatic carbocycles. The number of Topliss-reactive ketones (excluding diaryl/α,β-unsaturated/α-hetero) is 1. The molecule has 0 aromatic heterocycles. The van der Waals surface area contributed by atoms with Crippen LogP contribution in [0.5, 0.6) is 0 Å². The number of rotatable bonds is 2. The van der Waals surface area contributed by atoms with Crippen molar-refractivity contribution < 1.29 is 19.8 Å². The van der Waals surface area contributed by atoms with Crippen LogP contribution in [0, 0.1) is 56.7 Å². The second-order valence-corrected chi connectivity index (χ2v) is 15.1. The summed E-state index contributed by atoms with van der Waals surface area (Å²) in [7, 11) is 0. The minimum absolute atomic E-state index is 0.0477. The summed E-state index contributed by atoms with van der Waals surface area (Å²) in [6.45, 7) is 15.7. The predicted octanol–water partition coefficient (Wildman–Crippen LogP) is 6.49. The van der Waals surface area contributed by atoms with E-state index < -0.39 is 17.0 Å². The first kappa shape index (κ1) is 24.8. The highest BCUT2D eigenvalue weighted by molar-refractivity contribution is 5.85. The summed E-state index contributed by atoms with van der Waals surface area (Å²) in [6, 6.07) is 0. The van der Waals surface area contributed by atoms with E-state index in [0.29, 0.717) is 36.4 Å². The highest BCUT2D eigenvalue weighted by Crippen LogP contribution is 2.77. The fraction of sp³-hybridized carbons (Fsp3) is 0.933. The Morgan fingerprint density at radius 3 is 2.15 bits per heavy atom. The third-order valence-corrected chi connectivity index (χ3v) is 13.5. The molecule has 5 aliphatic rings. The average molecular weight is 473 g/mol. The van der Waals surface area contributed by atoms with E-state index in [2.05, 4.69) is 34.6 Å². The zero-order valence-corrected chi connectivity index (χ0v) is 22.7. The average Bonchev–Trinajstić information content (AvgIpc) is 3.13. The zero-order chi connectivity index (χ0) is 25.1. The van der Waals surface area contributed by atoms with Crippen molar-refractivity contribution in [3.63, 3.8) is 0 Å². The second-order valence-electron chi connectivity index (χ2n) is 15.1. The van der Waals surface area contributed by atoms with Crippen molar-refractivity contribution in [3.8, 4) is 0 Å². The standard InChI is InChI=1S/C30H48O4/c1-25(2)20-11-14-29(7)21(27(20,5)13-12-22(25)31)9-8-19-23-18(26(3,4)34)10-15-30(23,24(32)33)17-16-28(19,29)6/h18-21,23,34H,8-17H2,1-7H3,(H,32,33)/t18?,19?,20?,21?,23?,27-,28+,29+,30-/m0/s1. The Balaban J connectivity index is 1.58. The fourth-order valence-corrected chi connectivity index (χ4v) is 11.6. The Morgan fingerprint density at radius 2 is 1.53 bits per heavy atom. The van der Waals surface area contributed by atoms with Gasteiger partial charge < -0.3 is 10.2 Å². The van der Waals surface area contributed by atoms with Crippen LogP contribution < -0.4 is 0 Å². The topological polar surface area (TPSA) is 74.6 Å². The van der Waals surface area contributed by atoms with Crippen LogP contribution >= 0.6 is 0 Å². The van der Waals surface area contributed by atoms with E-state index in [-0.39, 0.29) is 33.5 Å². The van der Waals surface area contributed by atoms with Crippen molar-refractivity contribution >= 4 is 11.8 Å². The molecule has 0 aromatic rings. The minimum atomic E-state index is -0.852.